The van der Waals surface area contributed by atoms with E-state index < -0.39 is 0 Å². The lowest BCUT2D eigenvalue weighted by atomic mass is 10.1. The number of aromatic nitrogens is 2. The van der Waals surface area contributed by atoms with Crippen LogP contribution in [-0.2, 0) is 19.6 Å². The molecule has 2 aromatic carbocycles. The van der Waals surface area contributed by atoms with Crippen molar-refractivity contribution in [1.82, 2.24) is 20.4 Å². The molecule has 0 fully saturated rings. The summed E-state index contributed by atoms with van der Waals surface area (Å²) in [6, 6.07) is 15.4. The fraction of sp³-hybridized carbons (Fsp3) is 0.304. The van der Waals surface area contributed by atoms with Crippen LogP contribution < -0.4 is 10.6 Å². The Kier molecular flexibility index (Phi) is 8.83. The molecular formula is C23H29FIN5. The molecule has 0 aliphatic rings. The van der Waals surface area contributed by atoms with Crippen LogP contribution >= 0.6 is 24.0 Å². The number of nitrogens with one attached hydrogen (secondary N) is 2. The van der Waals surface area contributed by atoms with Gasteiger partial charge >= 0.3 is 0 Å². The Morgan fingerprint density at radius 1 is 1.00 bits per heavy atom. The van der Waals surface area contributed by atoms with Crippen molar-refractivity contribution in [2.75, 3.05) is 7.05 Å². The van der Waals surface area contributed by atoms with Gasteiger partial charge in [-0.05, 0) is 43.5 Å². The first-order chi connectivity index (χ1) is 14.0. The van der Waals surface area contributed by atoms with Gasteiger partial charge in [-0.3, -0.25) is 9.67 Å². The second-order valence-corrected chi connectivity index (χ2v) is 7.16. The first kappa shape index (κ1) is 23.9. The molecule has 0 aliphatic carbocycles. The number of guanidine groups is 1. The minimum absolute atomic E-state index is 0. The molecule has 3 aromatic rings. The standard InChI is InChI=1S/C23H28FN5.HI/c1-16-12-20(10-11-22(16)24)13-26-23(25-4)27-14-21-17(2)28-29(18(21)3)15-19-8-6-5-7-9-19;/h5-12H,13-15H2,1-4H3,(H2,25,26,27);1H. The highest BCUT2D eigenvalue weighted by Crippen LogP contribution is 2.15. The summed E-state index contributed by atoms with van der Waals surface area (Å²) < 4.78 is 15.5. The highest BCUT2D eigenvalue weighted by molar-refractivity contribution is 14.0. The van der Waals surface area contributed by atoms with Crippen molar-refractivity contribution in [1.29, 1.82) is 0 Å². The first-order valence-electron chi connectivity index (χ1n) is 9.74. The van der Waals surface area contributed by atoms with Crippen LogP contribution in [0.5, 0.6) is 0 Å². The van der Waals surface area contributed by atoms with Gasteiger partial charge in [-0.2, -0.15) is 5.10 Å². The number of benzene rings is 2. The van der Waals surface area contributed by atoms with Crippen molar-refractivity contribution in [3.8, 4) is 0 Å². The molecule has 0 spiro atoms. The van der Waals surface area contributed by atoms with E-state index in [1.807, 2.05) is 35.9 Å². The lowest BCUT2D eigenvalue weighted by molar-refractivity contribution is 0.617. The number of hydrogen-bond donors (Lipinski definition) is 2. The smallest absolute Gasteiger partial charge is 0.191 e. The van der Waals surface area contributed by atoms with Gasteiger partial charge in [0, 0.05) is 31.4 Å². The highest BCUT2D eigenvalue weighted by Gasteiger charge is 2.12. The summed E-state index contributed by atoms with van der Waals surface area (Å²) in [5.74, 6) is 0.510. The average molecular weight is 521 g/mol. The van der Waals surface area contributed by atoms with Crippen molar-refractivity contribution in [3.63, 3.8) is 0 Å². The molecule has 1 heterocycles. The number of hydrogen-bond acceptors (Lipinski definition) is 2. The molecule has 0 amide bonds. The molecule has 0 bridgehead atoms. The molecule has 160 valence electrons. The van der Waals surface area contributed by atoms with Crippen LogP contribution in [0.1, 0.15) is 33.6 Å². The molecule has 7 heteroatoms. The Morgan fingerprint density at radius 3 is 2.37 bits per heavy atom. The second-order valence-electron chi connectivity index (χ2n) is 7.16. The maximum Gasteiger partial charge on any atom is 0.191 e. The molecule has 30 heavy (non-hydrogen) atoms. The largest absolute Gasteiger partial charge is 0.352 e. The summed E-state index contributed by atoms with van der Waals surface area (Å²) in [6.45, 7) is 7.86. The van der Waals surface area contributed by atoms with Gasteiger partial charge in [-0.1, -0.05) is 42.5 Å². The Hall–Kier alpha value is -2.42. The van der Waals surface area contributed by atoms with Gasteiger partial charge in [-0.25, -0.2) is 4.39 Å². The normalized spacial score (nSPS) is 11.2. The van der Waals surface area contributed by atoms with Crippen LogP contribution in [0.2, 0.25) is 0 Å². The molecule has 0 unspecified atom stereocenters. The van der Waals surface area contributed by atoms with Gasteiger partial charge in [0.2, 0.25) is 0 Å². The molecule has 3 rings (SSSR count). The van der Waals surface area contributed by atoms with E-state index in [1.54, 1.807) is 20.0 Å². The molecule has 0 atom stereocenters. The molecular weight excluding hydrogens is 492 g/mol. The van der Waals surface area contributed by atoms with Gasteiger partial charge in [0.15, 0.2) is 5.96 Å². The third kappa shape index (κ3) is 6.04. The van der Waals surface area contributed by atoms with Crippen LogP contribution in [0.15, 0.2) is 53.5 Å². The van der Waals surface area contributed by atoms with E-state index in [1.165, 1.54) is 17.2 Å². The zero-order valence-corrected chi connectivity index (χ0v) is 20.2. The minimum atomic E-state index is -0.185. The van der Waals surface area contributed by atoms with E-state index >= 15 is 0 Å². The molecule has 5 nitrogen and oxygen atoms in total. The predicted octanol–water partition coefficient (Wildman–Crippen LogP) is 4.48. The SMILES string of the molecule is CN=C(NCc1ccc(F)c(C)c1)NCc1c(C)nn(Cc2ccccc2)c1C.I. The van der Waals surface area contributed by atoms with E-state index in [9.17, 15) is 4.39 Å². The summed E-state index contributed by atoms with van der Waals surface area (Å²) >= 11 is 0. The zero-order chi connectivity index (χ0) is 20.8. The second kappa shape index (κ2) is 11.1. The fourth-order valence-corrected chi connectivity index (χ4v) is 3.30. The van der Waals surface area contributed by atoms with Crippen LogP contribution in [0.3, 0.4) is 0 Å². The van der Waals surface area contributed by atoms with Crippen molar-refractivity contribution in [3.05, 3.63) is 88.0 Å². The van der Waals surface area contributed by atoms with Gasteiger partial charge in [0.25, 0.3) is 0 Å². The predicted molar refractivity (Wildman–Crippen MR) is 131 cm³/mol. The quantitative estimate of drug-likeness (QED) is 0.286. The Morgan fingerprint density at radius 2 is 1.70 bits per heavy atom. The van der Waals surface area contributed by atoms with Crippen molar-refractivity contribution < 1.29 is 4.39 Å². The third-order valence-corrected chi connectivity index (χ3v) is 5.05. The van der Waals surface area contributed by atoms with Gasteiger partial charge in [-0.15, -0.1) is 24.0 Å². The van der Waals surface area contributed by atoms with E-state index in [0.29, 0.717) is 24.6 Å². The number of aryl methyl sites for hydroxylation is 2. The molecule has 0 saturated heterocycles. The van der Waals surface area contributed by atoms with Gasteiger partial charge in [0.05, 0.1) is 12.2 Å². The van der Waals surface area contributed by atoms with E-state index in [0.717, 1.165) is 23.5 Å². The molecule has 0 radical (unpaired) electrons. The van der Waals surface area contributed by atoms with Crippen LogP contribution in [0.4, 0.5) is 4.39 Å². The molecule has 0 aliphatic heterocycles. The van der Waals surface area contributed by atoms with Crippen molar-refractivity contribution >= 4 is 29.9 Å². The lowest BCUT2D eigenvalue weighted by Gasteiger charge is -2.13. The summed E-state index contributed by atoms with van der Waals surface area (Å²) in [5, 5.41) is 11.3. The van der Waals surface area contributed by atoms with E-state index in [2.05, 4.69) is 34.7 Å². The third-order valence-electron chi connectivity index (χ3n) is 5.05. The summed E-state index contributed by atoms with van der Waals surface area (Å²) in [5.41, 5.74) is 6.20. The summed E-state index contributed by atoms with van der Waals surface area (Å²) in [4.78, 5) is 4.29. The number of rotatable bonds is 6. The van der Waals surface area contributed by atoms with Crippen LogP contribution in [-0.4, -0.2) is 22.8 Å². The lowest BCUT2D eigenvalue weighted by Crippen LogP contribution is -2.36. The summed E-state index contributed by atoms with van der Waals surface area (Å²) in [6.07, 6.45) is 0. The van der Waals surface area contributed by atoms with E-state index in [4.69, 9.17) is 5.10 Å². The molecule has 1 aromatic heterocycles. The van der Waals surface area contributed by atoms with Crippen molar-refractivity contribution in [2.24, 2.45) is 4.99 Å². The highest BCUT2D eigenvalue weighted by atomic mass is 127. The Labute approximate surface area is 194 Å². The van der Waals surface area contributed by atoms with Crippen molar-refractivity contribution in [2.45, 2.75) is 40.4 Å². The first-order valence-corrected chi connectivity index (χ1v) is 9.74. The van der Waals surface area contributed by atoms with E-state index in [-0.39, 0.29) is 29.8 Å². The maximum absolute atomic E-state index is 13.4. The van der Waals surface area contributed by atoms with Gasteiger partial charge in [0.1, 0.15) is 5.82 Å². The number of halogens is 2. The molecule has 0 saturated carbocycles. The Balaban J connectivity index is 0.00000320. The summed E-state index contributed by atoms with van der Waals surface area (Å²) in [7, 11) is 1.74. The van der Waals surface area contributed by atoms with Crippen LogP contribution in [0, 0.1) is 26.6 Å². The maximum atomic E-state index is 13.4. The number of aliphatic imine (C=N–C) groups is 1. The fourth-order valence-electron chi connectivity index (χ4n) is 3.30. The number of nitrogens with zero attached hydrogens (tertiary/aromatic N) is 3. The topological polar surface area (TPSA) is 54.2 Å². The average Bonchev–Trinajstić information content (AvgIpc) is 2.98. The van der Waals surface area contributed by atoms with Crippen LogP contribution in [0.25, 0.3) is 0 Å². The Bertz CT molecular complexity index is 998. The minimum Gasteiger partial charge on any atom is -0.352 e. The zero-order valence-electron chi connectivity index (χ0n) is 17.9. The molecule has 2 N–H and O–H groups in total. The van der Waals surface area contributed by atoms with Gasteiger partial charge < -0.3 is 10.6 Å². The monoisotopic (exact) mass is 521 g/mol.